The monoisotopic (exact) mass is 443 g/mol. The van der Waals surface area contributed by atoms with Gasteiger partial charge in [-0.25, -0.2) is 9.97 Å². The van der Waals surface area contributed by atoms with Crippen LogP contribution in [-0.2, 0) is 11.8 Å². The highest BCUT2D eigenvalue weighted by atomic mass is 16.2. The molecule has 1 aliphatic carbocycles. The number of Topliss-reactive ketones (excluding diaryl/α,β-unsaturated/α-hetero) is 1. The molecule has 2 aliphatic rings. The van der Waals surface area contributed by atoms with Crippen molar-refractivity contribution < 1.29 is 9.59 Å². The van der Waals surface area contributed by atoms with Crippen LogP contribution in [0.2, 0.25) is 0 Å². The fraction of sp³-hybridized carbons (Fsp3) is 0.385. The molecule has 3 heterocycles. The zero-order chi connectivity index (χ0) is 23.1. The lowest BCUT2D eigenvalue weighted by molar-refractivity contribution is -0.125. The number of hydrogen-bond acceptors (Lipinski definition) is 5. The van der Waals surface area contributed by atoms with Crippen LogP contribution >= 0.6 is 0 Å². The molecule has 2 N–H and O–H groups in total. The Hall–Kier alpha value is -3.48. The number of nitrogens with two attached hydrogens (primary N) is 1. The predicted molar refractivity (Wildman–Crippen MR) is 129 cm³/mol. The minimum absolute atomic E-state index is 0.0492. The molecule has 3 aromatic rings. The molecule has 5 rings (SSSR count). The summed E-state index contributed by atoms with van der Waals surface area (Å²) < 4.78 is 2.08. The summed E-state index contributed by atoms with van der Waals surface area (Å²) in [5, 5.41) is 0.818. The normalized spacial score (nSPS) is 18.8. The first-order valence-corrected chi connectivity index (χ1v) is 11.6. The number of nitrogens with zero attached hydrogens (tertiary/aromatic N) is 4. The average molecular weight is 444 g/mol. The summed E-state index contributed by atoms with van der Waals surface area (Å²) in [5.41, 5.74) is 10.9. The van der Waals surface area contributed by atoms with Crippen LogP contribution in [0.15, 0.2) is 43.2 Å². The molecule has 1 aromatic carbocycles. The van der Waals surface area contributed by atoms with Gasteiger partial charge in [0.2, 0.25) is 5.91 Å². The van der Waals surface area contributed by atoms with Crippen LogP contribution in [0.3, 0.4) is 0 Å². The number of ketones is 1. The van der Waals surface area contributed by atoms with E-state index in [2.05, 4.69) is 21.1 Å². The van der Waals surface area contributed by atoms with E-state index >= 15 is 0 Å². The van der Waals surface area contributed by atoms with E-state index in [0.717, 1.165) is 65.5 Å². The second kappa shape index (κ2) is 8.46. The standard InChI is InChI=1S/C26H29N5O2/c1-3-20(32)31-13-12-19(14-31)23-21(22-25(27)28-15-29-26(22)30(23)2)16-8-10-18(11-9-16)24(33)17-6-4-5-7-17/h3,8-11,15,17,19H,1,4-7,12-14H2,2H3,(H2,27,28,29). The van der Waals surface area contributed by atoms with Crippen LogP contribution < -0.4 is 5.73 Å². The number of amides is 1. The van der Waals surface area contributed by atoms with Gasteiger partial charge in [0, 0.05) is 48.8 Å². The van der Waals surface area contributed by atoms with E-state index in [0.29, 0.717) is 18.9 Å². The van der Waals surface area contributed by atoms with Crippen molar-refractivity contribution in [1.82, 2.24) is 19.4 Å². The van der Waals surface area contributed by atoms with Crippen LogP contribution in [0.5, 0.6) is 0 Å². The van der Waals surface area contributed by atoms with Gasteiger partial charge in [0.1, 0.15) is 17.8 Å². The highest BCUT2D eigenvalue weighted by Gasteiger charge is 2.32. The van der Waals surface area contributed by atoms with E-state index in [9.17, 15) is 9.59 Å². The molecule has 33 heavy (non-hydrogen) atoms. The number of fused-ring (bicyclic) bond motifs is 1. The van der Waals surface area contributed by atoms with Crippen molar-refractivity contribution in [2.45, 2.75) is 38.0 Å². The van der Waals surface area contributed by atoms with Gasteiger partial charge in [-0.15, -0.1) is 0 Å². The molecule has 1 saturated carbocycles. The summed E-state index contributed by atoms with van der Waals surface area (Å²) in [6.45, 7) is 4.93. The summed E-state index contributed by atoms with van der Waals surface area (Å²) in [4.78, 5) is 35.7. The average Bonchev–Trinajstić information content (AvgIpc) is 3.59. The van der Waals surface area contributed by atoms with Gasteiger partial charge >= 0.3 is 0 Å². The zero-order valence-electron chi connectivity index (χ0n) is 19.0. The van der Waals surface area contributed by atoms with Gasteiger partial charge in [0.15, 0.2) is 5.78 Å². The van der Waals surface area contributed by atoms with Crippen LogP contribution in [0.25, 0.3) is 22.2 Å². The molecule has 0 bridgehead atoms. The van der Waals surface area contributed by atoms with Crippen molar-refractivity contribution >= 4 is 28.5 Å². The number of aromatic nitrogens is 3. The quantitative estimate of drug-likeness (QED) is 0.473. The summed E-state index contributed by atoms with van der Waals surface area (Å²) in [7, 11) is 1.99. The van der Waals surface area contributed by atoms with Gasteiger partial charge in [-0.05, 0) is 30.9 Å². The van der Waals surface area contributed by atoms with E-state index in [1.165, 1.54) is 12.4 Å². The van der Waals surface area contributed by atoms with E-state index in [1.807, 2.05) is 36.2 Å². The number of benzene rings is 1. The van der Waals surface area contributed by atoms with Crippen molar-refractivity contribution in [2.24, 2.45) is 13.0 Å². The van der Waals surface area contributed by atoms with Gasteiger partial charge in [0.25, 0.3) is 0 Å². The number of carbonyl (C=O) groups is 2. The Kier molecular flexibility index (Phi) is 5.48. The minimum atomic E-state index is -0.0492. The van der Waals surface area contributed by atoms with Gasteiger partial charge in [-0.3, -0.25) is 9.59 Å². The first-order valence-electron chi connectivity index (χ1n) is 11.6. The minimum Gasteiger partial charge on any atom is -0.383 e. The maximum atomic E-state index is 12.9. The Labute approximate surface area is 193 Å². The second-order valence-electron chi connectivity index (χ2n) is 9.17. The number of nitrogen functional groups attached to an aromatic ring is 1. The Morgan fingerprint density at radius 3 is 2.55 bits per heavy atom. The Bertz CT molecular complexity index is 1240. The maximum Gasteiger partial charge on any atom is 0.245 e. The summed E-state index contributed by atoms with van der Waals surface area (Å²) in [6, 6.07) is 7.88. The Balaban J connectivity index is 1.59. The first-order chi connectivity index (χ1) is 16.0. The Morgan fingerprint density at radius 2 is 1.85 bits per heavy atom. The lowest BCUT2D eigenvalue weighted by Crippen LogP contribution is -2.26. The molecule has 1 aliphatic heterocycles. The summed E-state index contributed by atoms with van der Waals surface area (Å²) >= 11 is 0. The number of aryl methyl sites for hydroxylation is 1. The molecule has 1 amide bonds. The van der Waals surface area contributed by atoms with Gasteiger partial charge in [0.05, 0.1) is 5.39 Å². The van der Waals surface area contributed by atoms with Crippen molar-refractivity contribution in [3.05, 3.63) is 54.5 Å². The molecule has 1 unspecified atom stereocenters. The van der Waals surface area contributed by atoms with Gasteiger partial charge in [-0.1, -0.05) is 43.7 Å². The molecule has 0 radical (unpaired) electrons. The van der Waals surface area contributed by atoms with Gasteiger partial charge < -0.3 is 15.2 Å². The number of anilines is 1. The number of likely N-dealkylation sites (tertiary alicyclic amines) is 1. The smallest absolute Gasteiger partial charge is 0.245 e. The molecule has 7 nitrogen and oxygen atoms in total. The van der Waals surface area contributed by atoms with Crippen LogP contribution in [0.4, 0.5) is 5.82 Å². The van der Waals surface area contributed by atoms with Crippen molar-refractivity contribution in [1.29, 1.82) is 0 Å². The summed E-state index contributed by atoms with van der Waals surface area (Å²) in [6.07, 6.45) is 7.96. The Morgan fingerprint density at radius 1 is 1.12 bits per heavy atom. The molecule has 2 fully saturated rings. The molecule has 1 atom stereocenters. The molecule has 1 saturated heterocycles. The largest absolute Gasteiger partial charge is 0.383 e. The van der Waals surface area contributed by atoms with E-state index in [-0.39, 0.29) is 23.5 Å². The third-order valence-corrected chi connectivity index (χ3v) is 7.29. The second-order valence-corrected chi connectivity index (χ2v) is 9.17. The highest BCUT2D eigenvalue weighted by molar-refractivity contribution is 6.03. The van der Waals surface area contributed by atoms with Crippen molar-refractivity contribution in [3.63, 3.8) is 0 Å². The van der Waals surface area contributed by atoms with Crippen LogP contribution in [0.1, 0.15) is 54.1 Å². The van der Waals surface area contributed by atoms with E-state index in [4.69, 9.17) is 5.73 Å². The van der Waals surface area contributed by atoms with Crippen molar-refractivity contribution in [2.75, 3.05) is 18.8 Å². The molecule has 2 aromatic heterocycles. The van der Waals surface area contributed by atoms with Gasteiger partial charge in [-0.2, -0.15) is 0 Å². The zero-order valence-corrected chi connectivity index (χ0v) is 19.0. The molecule has 0 spiro atoms. The highest BCUT2D eigenvalue weighted by Crippen LogP contribution is 2.42. The van der Waals surface area contributed by atoms with Crippen LogP contribution in [0, 0.1) is 5.92 Å². The fourth-order valence-electron chi connectivity index (χ4n) is 5.60. The van der Waals surface area contributed by atoms with E-state index < -0.39 is 0 Å². The fourth-order valence-corrected chi connectivity index (χ4v) is 5.60. The first kappa shape index (κ1) is 21.4. The lowest BCUT2D eigenvalue weighted by atomic mass is 9.92. The lowest BCUT2D eigenvalue weighted by Gasteiger charge is -2.17. The predicted octanol–water partition coefficient (Wildman–Crippen LogP) is 4.09. The topological polar surface area (TPSA) is 94.1 Å². The third-order valence-electron chi connectivity index (χ3n) is 7.29. The van der Waals surface area contributed by atoms with Crippen molar-refractivity contribution in [3.8, 4) is 11.1 Å². The SMILES string of the molecule is C=CC(=O)N1CCC(c2c(-c3ccc(C(=O)C4CCCC4)cc3)c3c(N)ncnc3n2C)C1. The van der Waals surface area contributed by atoms with E-state index in [1.54, 1.807) is 0 Å². The molecular weight excluding hydrogens is 414 g/mol. The third kappa shape index (κ3) is 3.61. The maximum absolute atomic E-state index is 12.9. The number of rotatable bonds is 5. The molecular formula is C26H29N5O2. The summed E-state index contributed by atoms with van der Waals surface area (Å²) in [5.74, 6) is 0.920. The van der Waals surface area contributed by atoms with Crippen LogP contribution in [-0.4, -0.2) is 44.2 Å². The number of hydrogen-bond donors (Lipinski definition) is 1. The molecule has 170 valence electrons. The molecule has 7 heteroatoms. The number of carbonyl (C=O) groups excluding carboxylic acids is 2.